The third-order valence-corrected chi connectivity index (χ3v) is 6.03. The van der Waals surface area contributed by atoms with Crippen LogP contribution in [0.1, 0.15) is 56.4 Å². The zero-order valence-electron chi connectivity index (χ0n) is 15.3. The van der Waals surface area contributed by atoms with Gasteiger partial charge in [-0.1, -0.05) is 0 Å². The van der Waals surface area contributed by atoms with E-state index in [1.165, 1.54) is 55.4 Å². The Labute approximate surface area is 153 Å². The van der Waals surface area contributed by atoms with Crippen LogP contribution < -0.4 is 10.1 Å². The molecule has 1 saturated carbocycles. The molecule has 0 atom stereocenters. The van der Waals surface area contributed by atoms with E-state index in [0.717, 1.165) is 30.0 Å². The van der Waals surface area contributed by atoms with Gasteiger partial charge in [0.1, 0.15) is 23.0 Å². The Bertz CT molecular complexity index is 732. The molecule has 0 aliphatic heterocycles. The summed E-state index contributed by atoms with van der Waals surface area (Å²) in [5, 5.41) is 4.57. The standard InChI is InChI=1S/C16H21N3OS.C3H6O/c1-17-10-5-7-11(8-6-10)20-15-14-12-3-2-4-13(12)21-16(14)19-9-18-15;1-3(2)4/h9-11,17H,2-8H2,1H3;1-2H3. The number of carbonyl (C=O) groups is 1. The molecule has 0 radical (unpaired) electrons. The van der Waals surface area contributed by atoms with Crippen LogP contribution in [0.5, 0.6) is 5.88 Å². The molecule has 2 aliphatic rings. The Hall–Kier alpha value is -1.53. The van der Waals surface area contributed by atoms with Crippen molar-refractivity contribution in [2.24, 2.45) is 0 Å². The lowest BCUT2D eigenvalue weighted by molar-refractivity contribution is -0.114. The zero-order chi connectivity index (χ0) is 17.8. The maximum Gasteiger partial charge on any atom is 0.225 e. The van der Waals surface area contributed by atoms with E-state index < -0.39 is 0 Å². The molecule has 25 heavy (non-hydrogen) atoms. The summed E-state index contributed by atoms with van der Waals surface area (Å²) >= 11 is 1.83. The summed E-state index contributed by atoms with van der Waals surface area (Å²) < 4.78 is 6.27. The van der Waals surface area contributed by atoms with E-state index in [1.807, 2.05) is 11.3 Å². The molecule has 0 aromatic carbocycles. The van der Waals surface area contributed by atoms with Gasteiger partial charge in [0.05, 0.1) is 5.39 Å². The third-order valence-electron chi connectivity index (χ3n) is 4.83. The summed E-state index contributed by atoms with van der Waals surface area (Å²) in [6, 6.07) is 0.653. The van der Waals surface area contributed by atoms with E-state index in [0.29, 0.717) is 12.1 Å². The van der Waals surface area contributed by atoms with Crippen molar-refractivity contribution < 1.29 is 9.53 Å². The number of rotatable bonds is 3. The SMILES string of the molecule is CC(C)=O.CNC1CCC(Oc2ncnc3sc4c(c23)CCC4)CC1. The van der Waals surface area contributed by atoms with Crippen molar-refractivity contribution in [1.82, 2.24) is 15.3 Å². The molecule has 5 nitrogen and oxygen atoms in total. The highest BCUT2D eigenvalue weighted by atomic mass is 32.1. The van der Waals surface area contributed by atoms with Gasteiger partial charge in [0.2, 0.25) is 5.88 Å². The molecule has 136 valence electrons. The number of hydrogen-bond donors (Lipinski definition) is 1. The van der Waals surface area contributed by atoms with Crippen LogP contribution in [0, 0.1) is 0 Å². The molecule has 0 bridgehead atoms. The van der Waals surface area contributed by atoms with Crippen LogP contribution >= 0.6 is 11.3 Å². The van der Waals surface area contributed by atoms with Crippen molar-refractivity contribution >= 4 is 27.3 Å². The molecule has 4 rings (SSSR count). The topological polar surface area (TPSA) is 64.1 Å². The van der Waals surface area contributed by atoms with Crippen molar-refractivity contribution in [3.05, 3.63) is 16.8 Å². The normalized spacial score (nSPS) is 22.2. The second-order valence-electron chi connectivity index (χ2n) is 7.00. The summed E-state index contributed by atoms with van der Waals surface area (Å²) in [6.45, 7) is 3.06. The molecule has 0 amide bonds. The van der Waals surface area contributed by atoms with Gasteiger partial charge < -0.3 is 14.8 Å². The summed E-state index contributed by atoms with van der Waals surface area (Å²) in [7, 11) is 2.05. The number of ether oxygens (including phenoxy) is 1. The zero-order valence-corrected chi connectivity index (χ0v) is 16.1. The predicted octanol–water partition coefficient (Wildman–Crippen LogP) is 3.68. The van der Waals surface area contributed by atoms with Gasteiger partial charge >= 0.3 is 0 Å². The van der Waals surface area contributed by atoms with Crippen molar-refractivity contribution in [3.63, 3.8) is 0 Å². The molecule has 6 heteroatoms. The fourth-order valence-corrected chi connectivity index (χ4v) is 4.84. The molecular weight excluding hydrogens is 334 g/mol. The number of aromatic nitrogens is 2. The molecule has 0 spiro atoms. The molecule has 2 aliphatic carbocycles. The van der Waals surface area contributed by atoms with Gasteiger partial charge in [-0.05, 0) is 71.4 Å². The second kappa shape index (κ2) is 8.23. The quantitative estimate of drug-likeness (QED) is 0.903. The third kappa shape index (κ3) is 4.36. The minimum absolute atomic E-state index is 0.167. The minimum atomic E-state index is 0.167. The average Bonchev–Trinajstić information content (AvgIpc) is 3.16. The lowest BCUT2D eigenvalue weighted by Gasteiger charge is -2.28. The molecular formula is C19H27N3O2S. The number of nitrogens with one attached hydrogen (secondary N) is 1. The Balaban J connectivity index is 0.000000415. The largest absolute Gasteiger partial charge is 0.474 e. The van der Waals surface area contributed by atoms with Crippen LogP contribution in [-0.2, 0) is 17.6 Å². The fraction of sp³-hybridized carbons (Fsp3) is 0.632. The maximum atomic E-state index is 9.44. The van der Waals surface area contributed by atoms with Crippen LogP contribution in [-0.4, -0.2) is 34.9 Å². The second-order valence-corrected chi connectivity index (χ2v) is 8.09. The molecule has 2 heterocycles. The Morgan fingerprint density at radius 2 is 1.92 bits per heavy atom. The molecule has 0 saturated heterocycles. The van der Waals surface area contributed by atoms with E-state index in [9.17, 15) is 4.79 Å². The summed E-state index contributed by atoms with van der Waals surface area (Å²) in [5.41, 5.74) is 1.45. The molecule has 1 N–H and O–H groups in total. The highest BCUT2D eigenvalue weighted by Crippen LogP contribution is 2.40. The van der Waals surface area contributed by atoms with Crippen LogP contribution in [0.15, 0.2) is 6.33 Å². The number of hydrogen-bond acceptors (Lipinski definition) is 6. The lowest BCUT2D eigenvalue weighted by atomic mass is 9.93. The minimum Gasteiger partial charge on any atom is -0.474 e. The van der Waals surface area contributed by atoms with Crippen LogP contribution in [0.25, 0.3) is 10.2 Å². The van der Waals surface area contributed by atoms with Crippen molar-refractivity contribution in [1.29, 1.82) is 0 Å². The average molecular weight is 362 g/mol. The van der Waals surface area contributed by atoms with Gasteiger partial charge in [-0.2, -0.15) is 0 Å². The van der Waals surface area contributed by atoms with E-state index in [4.69, 9.17) is 4.74 Å². The van der Waals surface area contributed by atoms with E-state index in [1.54, 1.807) is 6.33 Å². The number of aryl methyl sites for hydroxylation is 2. The summed E-state index contributed by atoms with van der Waals surface area (Å²) in [5.74, 6) is 0.993. The summed E-state index contributed by atoms with van der Waals surface area (Å²) in [4.78, 5) is 20.9. The van der Waals surface area contributed by atoms with Crippen LogP contribution in [0.2, 0.25) is 0 Å². The Kier molecular flexibility index (Phi) is 6.02. The Morgan fingerprint density at radius 1 is 1.20 bits per heavy atom. The van der Waals surface area contributed by atoms with Crippen molar-refractivity contribution in [2.45, 2.75) is 70.9 Å². The molecule has 2 aromatic rings. The first-order valence-corrected chi connectivity index (χ1v) is 9.96. The fourth-order valence-electron chi connectivity index (χ4n) is 3.62. The highest BCUT2D eigenvalue weighted by molar-refractivity contribution is 7.18. The number of carbonyl (C=O) groups excluding carboxylic acids is 1. The summed E-state index contributed by atoms with van der Waals surface area (Å²) in [6.07, 6.45) is 10.2. The number of thiophene rings is 1. The van der Waals surface area contributed by atoms with E-state index >= 15 is 0 Å². The van der Waals surface area contributed by atoms with Crippen molar-refractivity contribution in [2.75, 3.05) is 7.05 Å². The predicted molar refractivity (Wildman–Crippen MR) is 102 cm³/mol. The van der Waals surface area contributed by atoms with Gasteiger partial charge in [-0.3, -0.25) is 0 Å². The van der Waals surface area contributed by atoms with Crippen LogP contribution in [0.3, 0.4) is 0 Å². The molecule has 2 aromatic heterocycles. The van der Waals surface area contributed by atoms with Gasteiger partial charge in [0.15, 0.2) is 0 Å². The first-order valence-electron chi connectivity index (χ1n) is 9.14. The number of fused-ring (bicyclic) bond motifs is 3. The number of nitrogens with zero attached hydrogens (tertiary/aromatic N) is 2. The monoisotopic (exact) mass is 361 g/mol. The van der Waals surface area contributed by atoms with Gasteiger partial charge in [0, 0.05) is 10.9 Å². The molecule has 1 fully saturated rings. The van der Waals surface area contributed by atoms with E-state index in [-0.39, 0.29) is 5.78 Å². The maximum absolute atomic E-state index is 9.44. The van der Waals surface area contributed by atoms with Gasteiger partial charge in [-0.25, -0.2) is 9.97 Å². The van der Waals surface area contributed by atoms with Crippen molar-refractivity contribution in [3.8, 4) is 5.88 Å². The van der Waals surface area contributed by atoms with Gasteiger partial charge in [0.25, 0.3) is 0 Å². The molecule has 0 unspecified atom stereocenters. The Morgan fingerprint density at radius 3 is 2.60 bits per heavy atom. The first kappa shape index (κ1) is 18.3. The van der Waals surface area contributed by atoms with Gasteiger partial charge in [-0.15, -0.1) is 11.3 Å². The number of ketones is 1. The smallest absolute Gasteiger partial charge is 0.225 e. The highest BCUT2D eigenvalue weighted by Gasteiger charge is 2.25. The first-order chi connectivity index (χ1) is 12.1. The van der Waals surface area contributed by atoms with Crippen LogP contribution in [0.4, 0.5) is 0 Å². The van der Waals surface area contributed by atoms with E-state index in [2.05, 4.69) is 22.3 Å². The lowest BCUT2D eigenvalue weighted by Crippen LogP contribution is -2.34. The number of Topliss-reactive ketones (excluding diaryl/α,β-unsaturated/α-hetero) is 1.